The summed E-state index contributed by atoms with van der Waals surface area (Å²) in [5, 5.41) is 12.2. The molecule has 1 N–H and O–H groups in total. The van der Waals surface area contributed by atoms with Crippen LogP contribution in [0.3, 0.4) is 0 Å². The Morgan fingerprint density at radius 1 is 1.45 bits per heavy atom. The van der Waals surface area contributed by atoms with Crippen molar-refractivity contribution in [1.82, 2.24) is 25.0 Å². The monoisotopic (exact) mass is 324 g/mol. The van der Waals surface area contributed by atoms with Gasteiger partial charge in [0.05, 0.1) is 6.54 Å². The van der Waals surface area contributed by atoms with E-state index in [1.807, 2.05) is 0 Å². The van der Waals surface area contributed by atoms with Gasteiger partial charge in [0.15, 0.2) is 5.96 Å². The molecule has 1 fully saturated rings. The normalized spacial score (nSPS) is 19.5. The van der Waals surface area contributed by atoms with Crippen LogP contribution in [0.2, 0.25) is 0 Å². The molecule has 1 atom stereocenters. The van der Waals surface area contributed by atoms with E-state index in [0.717, 1.165) is 56.2 Å². The molecule has 0 radical (unpaired) electrons. The van der Waals surface area contributed by atoms with Gasteiger partial charge in [0.2, 0.25) is 0 Å². The molecule has 1 saturated heterocycles. The van der Waals surface area contributed by atoms with Crippen LogP contribution in [0.25, 0.3) is 0 Å². The van der Waals surface area contributed by atoms with Crippen molar-refractivity contribution >= 4 is 17.7 Å². The van der Waals surface area contributed by atoms with Gasteiger partial charge in [-0.2, -0.15) is 11.8 Å². The highest BCUT2D eigenvalue weighted by Gasteiger charge is 2.21. The summed E-state index contributed by atoms with van der Waals surface area (Å²) >= 11 is 2.08. The highest BCUT2D eigenvalue weighted by molar-refractivity contribution is 8.00. The first-order chi connectivity index (χ1) is 10.8. The van der Waals surface area contributed by atoms with Crippen molar-refractivity contribution < 1.29 is 0 Å². The van der Waals surface area contributed by atoms with Gasteiger partial charge < -0.3 is 14.8 Å². The maximum absolute atomic E-state index is 4.80. The third-order valence-electron chi connectivity index (χ3n) is 3.84. The lowest BCUT2D eigenvalue weighted by atomic mass is 10.3. The van der Waals surface area contributed by atoms with Crippen LogP contribution in [0.1, 0.15) is 33.0 Å². The number of aliphatic imine (C=N–C) groups is 1. The van der Waals surface area contributed by atoms with E-state index < -0.39 is 0 Å². The first kappa shape index (κ1) is 17.1. The molecule has 1 aromatic rings. The highest BCUT2D eigenvalue weighted by Crippen LogP contribution is 2.21. The van der Waals surface area contributed by atoms with Gasteiger partial charge in [-0.05, 0) is 13.3 Å². The van der Waals surface area contributed by atoms with Crippen LogP contribution in [0, 0.1) is 0 Å². The minimum atomic E-state index is 0.724. The maximum Gasteiger partial charge on any atom is 0.194 e. The third kappa shape index (κ3) is 4.63. The average Bonchev–Trinajstić information content (AvgIpc) is 3.01. The summed E-state index contributed by atoms with van der Waals surface area (Å²) in [5.41, 5.74) is 0. The second kappa shape index (κ2) is 9.02. The summed E-state index contributed by atoms with van der Waals surface area (Å²) in [7, 11) is 0. The van der Waals surface area contributed by atoms with E-state index in [4.69, 9.17) is 4.99 Å². The van der Waals surface area contributed by atoms with Crippen molar-refractivity contribution in [2.75, 3.05) is 31.9 Å². The Morgan fingerprint density at radius 2 is 2.32 bits per heavy atom. The number of nitrogens with zero attached hydrogens (tertiary/aromatic N) is 5. The average molecular weight is 324 g/mol. The summed E-state index contributed by atoms with van der Waals surface area (Å²) in [6.45, 7) is 11.2. The molecule has 0 spiro atoms. The zero-order chi connectivity index (χ0) is 15.8. The number of thioether (sulfide) groups is 1. The summed E-state index contributed by atoms with van der Waals surface area (Å²) < 4.78 is 2.09. The molecule has 1 aromatic heterocycles. The van der Waals surface area contributed by atoms with E-state index in [1.54, 1.807) is 6.33 Å². The Kier molecular flexibility index (Phi) is 7.02. The molecule has 2 heterocycles. The number of nitrogens with one attached hydrogen (secondary N) is 1. The molecule has 1 aliphatic rings. The largest absolute Gasteiger partial charge is 0.357 e. The molecule has 0 saturated carbocycles. The van der Waals surface area contributed by atoms with Crippen molar-refractivity contribution in [2.24, 2.45) is 4.99 Å². The summed E-state index contributed by atoms with van der Waals surface area (Å²) in [4.78, 5) is 7.21. The molecule has 7 heteroatoms. The molecular weight excluding hydrogens is 296 g/mol. The molecular formula is C15H28N6S. The lowest BCUT2D eigenvalue weighted by Crippen LogP contribution is -2.48. The second-order valence-electron chi connectivity index (χ2n) is 5.38. The van der Waals surface area contributed by atoms with E-state index in [-0.39, 0.29) is 0 Å². The predicted octanol–water partition coefficient (Wildman–Crippen LogP) is 1.63. The zero-order valence-corrected chi connectivity index (χ0v) is 14.8. The zero-order valence-electron chi connectivity index (χ0n) is 14.0. The fourth-order valence-corrected chi connectivity index (χ4v) is 3.77. The van der Waals surface area contributed by atoms with Gasteiger partial charge in [-0.3, -0.25) is 4.99 Å². The molecule has 0 amide bonds. The molecule has 1 unspecified atom stereocenters. The number of guanidine groups is 1. The topological polar surface area (TPSA) is 58.3 Å². The van der Waals surface area contributed by atoms with E-state index in [0.29, 0.717) is 0 Å². The van der Waals surface area contributed by atoms with Gasteiger partial charge in [0.1, 0.15) is 12.2 Å². The SMILES string of the molecule is CCNC(=NCCn1cnnc1CC)N1CCSC(CC)C1. The first-order valence-corrected chi connectivity index (χ1v) is 9.34. The Bertz CT molecular complexity index is 472. The fraction of sp³-hybridized carbons (Fsp3) is 0.800. The number of hydrogen-bond donors (Lipinski definition) is 1. The Labute approximate surface area is 137 Å². The Hall–Kier alpha value is -1.24. The number of rotatable bonds is 6. The van der Waals surface area contributed by atoms with Crippen LogP contribution in [-0.4, -0.2) is 62.8 Å². The first-order valence-electron chi connectivity index (χ1n) is 8.30. The van der Waals surface area contributed by atoms with Gasteiger partial charge in [-0.25, -0.2) is 0 Å². The molecule has 6 nitrogen and oxygen atoms in total. The van der Waals surface area contributed by atoms with Crippen molar-refractivity contribution in [3.8, 4) is 0 Å². The van der Waals surface area contributed by atoms with E-state index in [9.17, 15) is 0 Å². The Morgan fingerprint density at radius 3 is 3.05 bits per heavy atom. The smallest absolute Gasteiger partial charge is 0.194 e. The molecule has 124 valence electrons. The standard InChI is InChI=1S/C15H28N6S/c1-4-13-11-20(9-10-22-13)15(16-6-3)17-7-8-21-12-18-19-14(21)5-2/h12-13H,4-11H2,1-3H3,(H,16,17). The number of aromatic nitrogens is 3. The van der Waals surface area contributed by atoms with E-state index in [2.05, 4.69) is 57.5 Å². The lowest BCUT2D eigenvalue weighted by molar-refractivity contribution is 0.407. The van der Waals surface area contributed by atoms with E-state index in [1.165, 1.54) is 12.2 Å². The maximum atomic E-state index is 4.80. The highest BCUT2D eigenvalue weighted by atomic mass is 32.2. The second-order valence-corrected chi connectivity index (χ2v) is 6.79. The quantitative estimate of drug-likeness (QED) is 0.637. The van der Waals surface area contributed by atoms with Gasteiger partial charge in [-0.15, -0.1) is 10.2 Å². The molecule has 0 bridgehead atoms. The van der Waals surface area contributed by atoms with Crippen LogP contribution in [0.15, 0.2) is 11.3 Å². The molecule has 2 rings (SSSR count). The molecule has 0 aromatic carbocycles. The fourth-order valence-electron chi connectivity index (χ4n) is 2.59. The minimum Gasteiger partial charge on any atom is -0.357 e. The van der Waals surface area contributed by atoms with Gasteiger partial charge in [0.25, 0.3) is 0 Å². The van der Waals surface area contributed by atoms with Gasteiger partial charge >= 0.3 is 0 Å². The van der Waals surface area contributed by atoms with Crippen molar-refractivity contribution in [1.29, 1.82) is 0 Å². The number of hydrogen-bond acceptors (Lipinski definition) is 4. The van der Waals surface area contributed by atoms with Crippen LogP contribution in [0.4, 0.5) is 0 Å². The van der Waals surface area contributed by atoms with Gasteiger partial charge in [0, 0.05) is 43.6 Å². The van der Waals surface area contributed by atoms with Crippen molar-refractivity contribution in [2.45, 2.75) is 45.4 Å². The summed E-state index contributed by atoms with van der Waals surface area (Å²) in [6.07, 6.45) is 3.93. The van der Waals surface area contributed by atoms with Crippen LogP contribution < -0.4 is 5.32 Å². The van der Waals surface area contributed by atoms with Crippen molar-refractivity contribution in [3.05, 3.63) is 12.2 Å². The lowest BCUT2D eigenvalue weighted by Gasteiger charge is -2.34. The van der Waals surface area contributed by atoms with Gasteiger partial charge in [-0.1, -0.05) is 13.8 Å². The summed E-state index contributed by atoms with van der Waals surface area (Å²) in [6, 6.07) is 0. The molecule has 0 aliphatic carbocycles. The van der Waals surface area contributed by atoms with Crippen LogP contribution in [-0.2, 0) is 13.0 Å². The van der Waals surface area contributed by atoms with E-state index >= 15 is 0 Å². The predicted molar refractivity (Wildman–Crippen MR) is 93.5 cm³/mol. The molecule has 22 heavy (non-hydrogen) atoms. The van der Waals surface area contributed by atoms with Crippen LogP contribution >= 0.6 is 11.8 Å². The number of aryl methyl sites for hydroxylation is 1. The Balaban J connectivity index is 1.94. The minimum absolute atomic E-state index is 0.724. The summed E-state index contributed by atoms with van der Waals surface area (Å²) in [5.74, 6) is 3.27. The third-order valence-corrected chi connectivity index (χ3v) is 5.22. The molecule has 1 aliphatic heterocycles. The van der Waals surface area contributed by atoms with Crippen molar-refractivity contribution in [3.63, 3.8) is 0 Å². The van der Waals surface area contributed by atoms with Crippen LogP contribution in [0.5, 0.6) is 0 Å².